The maximum absolute atomic E-state index is 13.0. The van der Waals surface area contributed by atoms with E-state index in [-0.39, 0.29) is 33.6 Å². The zero-order valence-corrected chi connectivity index (χ0v) is 17.3. The van der Waals surface area contributed by atoms with Gasteiger partial charge in [0.1, 0.15) is 38.7 Å². The average molecular weight is 425 g/mol. The number of ether oxygens (including phenoxy) is 7. The number of rotatable bonds is 11. The fourth-order valence-corrected chi connectivity index (χ4v) is 3.66. The summed E-state index contributed by atoms with van der Waals surface area (Å²) in [6.45, 7) is 0.235. The van der Waals surface area contributed by atoms with E-state index in [1.165, 1.54) is 26.2 Å². The molecule has 10 nitrogen and oxygen atoms in total. The van der Waals surface area contributed by atoms with Crippen LogP contribution in [-0.2, 0) is 33.2 Å². The van der Waals surface area contributed by atoms with Gasteiger partial charge < -0.3 is 33.2 Å². The minimum Gasteiger partial charge on any atom is -0.371 e. The second-order valence-corrected chi connectivity index (χ2v) is 6.82. The number of hydrogen-bond donors (Lipinski definition) is 0. The van der Waals surface area contributed by atoms with Gasteiger partial charge in [-0.3, -0.25) is 14.5 Å². The molecular formula is C20H27NO9. The normalized spacial score (nSPS) is 26.3. The van der Waals surface area contributed by atoms with Gasteiger partial charge in [0, 0.05) is 21.3 Å². The minimum atomic E-state index is -0.716. The second kappa shape index (κ2) is 10.9. The van der Waals surface area contributed by atoms with Crippen molar-refractivity contribution in [1.82, 2.24) is 4.90 Å². The Labute approximate surface area is 174 Å². The molecule has 0 bridgehead atoms. The number of amides is 2. The summed E-state index contributed by atoms with van der Waals surface area (Å²) in [5, 5.41) is 0. The van der Waals surface area contributed by atoms with Crippen LogP contribution in [0.5, 0.6) is 0 Å². The molecule has 2 aliphatic heterocycles. The molecule has 0 aromatic heterocycles. The number of carbonyl (C=O) groups is 2. The van der Waals surface area contributed by atoms with Crippen LogP contribution < -0.4 is 0 Å². The molecule has 2 amide bonds. The van der Waals surface area contributed by atoms with Crippen molar-refractivity contribution in [1.29, 1.82) is 0 Å². The highest BCUT2D eigenvalue weighted by Gasteiger charge is 2.50. The van der Waals surface area contributed by atoms with Gasteiger partial charge in [-0.05, 0) is 12.1 Å². The first-order valence-electron chi connectivity index (χ1n) is 9.50. The van der Waals surface area contributed by atoms with Crippen LogP contribution in [-0.4, -0.2) is 96.0 Å². The Hall–Kier alpha value is -1.92. The first kappa shape index (κ1) is 22.8. The van der Waals surface area contributed by atoms with Gasteiger partial charge in [-0.25, -0.2) is 0 Å². The largest absolute Gasteiger partial charge is 0.371 e. The van der Waals surface area contributed by atoms with Crippen molar-refractivity contribution in [2.75, 3.05) is 54.9 Å². The molecule has 1 saturated heterocycles. The van der Waals surface area contributed by atoms with Crippen LogP contribution in [0.2, 0.25) is 0 Å². The Bertz CT molecular complexity index is 693. The molecule has 166 valence electrons. The number of imide groups is 1. The van der Waals surface area contributed by atoms with Crippen LogP contribution in [0.15, 0.2) is 24.3 Å². The quantitative estimate of drug-likeness (QED) is 0.287. The van der Waals surface area contributed by atoms with Gasteiger partial charge in [0.15, 0.2) is 0 Å². The van der Waals surface area contributed by atoms with Crippen LogP contribution in [0.3, 0.4) is 0 Å². The molecule has 30 heavy (non-hydrogen) atoms. The van der Waals surface area contributed by atoms with E-state index < -0.39 is 36.2 Å². The van der Waals surface area contributed by atoms with Crippen molar-refractivity contribution in [2.24, 2.45) is 0 Å². The zero-order chi connectivity index (χ0) is 21.5. The predicted octanol–water partition coefficient (Wildman–Crippen LogP) is 0.649. The molecule has 3 rings (SSSR count). The molecule has 2 aliphatic rings. The first-order chi connectivity index (χ1) is 14.6. The third-order valence-electron chi connectivity index (χ3n) is 4.95. The SMILES string of the molecule is COCOC[C@H]1OC[C@H](N2C(=O)c3ccccc3C2=O)[C@@H](OCOC)[C@H]1OCOC. The van der Waals surface area contributed by atoms with Gasteiger partial charge in [0.25, 0.3) is 11.8 Å². The van der Waals surface area contributed by atoms with Gasteiger partial charge in [0.2, 0.25) is 0 Å². The Morgan fingerprint density at radius 1 is 0.900 bits per heavy atom. The van der Waals surface area contributed by atoms with Gasteiger partial charge in [-0.15, -0.1) is 0 Å². The van der Waals surface area contributed by atoms with Gasteiger partial charge in [-0.1, -0.05) is 12.1 Å². The van der Waals surface area contributed by atoms with E-state index in [0.717, 1.165) is 0 Å². The molecule has 0 N–H and O–H groups in total. The molecule has 1 fully saturated rings. The number of fused-ring (bicyclic) bond motifs is 1. The van der Waals surface area contributed by atoms with Crippen LogP contribution in [0.25, 0.3) is 0 Å². The minimum absolute atomic E-state index is 0.0313. The molecule has 4 atom stereocenters. The summed E-state index contributed by atoms with van der Waals surface area (Å²) in [6, 6.07) is 5.98. The maximum atomic E-state index is 13.0. The summed E-state index contributed by atoms with van der Waals surface area (Å²) in [4.78, 5) is 27.2. The van der Waals surface area contributed by atoms with E-state index in [0.29, 0.717) is 11.1 Å². The Morgan fingerprint density at radius 2 is 1.47 bits per heavy atom. The molecule has 0 radical (unpaired) electrons. The van der Waals surface area contributed by atoms with Crippen LogP contribution in [0.1, 0.15) is 20.7 Å². The summed E-state index contributed by atoms with van der Waals surface area (Å²) in [5.74, 6) is -0.787. The summed E-state index contributed by atoms with van der Waals surface area (Å²) in [5.41, 5.74) is 0.709. The van der Waals surface area contributed by atoms with Crippen molar-refractivity contribution in [3.63, 3.8) is 0 Å². The smallest absolute Gasteiger partial charge is 0.261 e. The Morgan fingerprint density at radius 3 is 2.03 bits per heavy atom. The highest BCUT2D eigenvalue weighted by molar-refractivity contribution is 6.21. The molecule has 1 aromatic carbocycles. The lowest BCUT2D eigenvalue weighted by Crippen LogP contribution is -2.63. The van der Waals surface area contributed by atoms with Gasteiger partial charge in [-0.2, -0.15) is 0 Å². The lowest BCUT2D eigenvalue weighted by Gasteiger charge is -2.44. The van der Waals surface area contributed by atoms with E-state index in [2.05, 4.69) is 0 Å². The Balaban J connectivity index is 1.86. The number of carbonyl (C=O) groups excluding carboxylic acids is 2. The Kier molecular flexibility index (Phi) is 8.28. The summed E-state index contributed by atoms with van der Waals surface area (Å²) < 4.78 is 38.1. The van der Waals surface area contributed by atoms with Gasteiger partial charge >= 0.3 is 0 Å². The molecular weight excluding hydrogens is 398 g/mol. The first-order valence-corrected chi connectivity index (χ1v) is 9.50. The number of methoxy groups -OCH3 is 3. The molecule has 0 aliphatic carbocycles. The van der Waals surface area contributed by atoms with Crippen LogP contribution in [0, 0.1) is 0 Å². The van der Waals surface area contributed by atoms with Crippen molar-refractivity contribution >= 4 is 11.8 Å². The van der Waals surface area contributed by atoms with Crippen molar-refractivity contribution in [3.05, 3.63) is 35.4 Å². The fraction of sp³-hybridized carbons (Fsp3) is 0.600. The molecule has 0 unspecified atom stereocenters. The van der Waals surface area contributed by atoms with E-state index in [1.807, 2.05) is 0 Å². The standard InChI is InChI=1S/C20H27NO9/c1-24-10-27-9-16-18(30-12-26-3)17(29-11-25-2)15(8-28-16)21-19(22)13-6-4-5-7-14(13)20(21)23/h4-7,15-18H,8-12H2,1-3H3/t15-,16+,17+,18-/m0/s1. The second-order valence-electron chi connectivity index (χ2n) is 6.82. The third-order valence-corrected chi connectivity index (χ3v) is 4.95. The van der Waals surface area contributed by atoms with E-state index >= 15 is 0 Å². The lowest BCUT2D eigenvalue weighted by atomic mass is 9.96. The number of benzene rings is 1. The van der Waals surface area contributed by atoms with Crippen molar-refractivity contribution in [3.8, 4) is 0 Å². The molecule has 1 aromatic rings. The molecule has 0 saturated carbocycles. The van der Waals surface area contributed by atoms with Crippen LogP contribution in [0.4, 0.5) is 0 Å². The van der Waals surface area contributed by atoms with E-state index in [9.17, 15) is 9.59 Å². The zero-order valence-electron chi connectivity index (χ0n) is 17.3. The lowest BCUT2D eigenvalue weighted by molar-refractivity contribution is -0.246. The molecule has 2 heterocycles. The fourth-order valence-electron chi connectivity index (χ4n) is 3.66. The molecule has 0 spiro atoms. The number of nitrogens with zero attached hydrogens (tertiary/aromatic N) is 1. The highest BCUT2D eigenvalue weighted by atomic mass is 16.7. The van der Waals surface area contributed by atoms with Gasteiger partial charge in [0.05, 0.1) is 30.4 Å². The monoisotopic (exact) mass is 425 g/mol. The summed E-state index contributed by atoms with van der Waals surface area (Å²) in [6.07, 6.45) is -1.92. The predicted molar refractivity (Wildman–Crippen MR) is 102 cm³/mol. The maximum Gasteiger partial charge on any atom is 0.261 e. The average Bonchev–Trinajstić information content (AvgIpc) is 3.02. The third kappa shape index (κ3) is 4.70. The van der Waals surface area contributed by atoms with Crippen molar-refractivity contribution in [2.45, 2.75) is 24.4 Å². The van der Waals surface area contributed by atoms with Crippen LogP contribution >= 0.6 is 0 Å². The summed E-state index contributed by atoms with van der Waals surface area (Å²) >= 11 is 0. The number of hydrogen-bond acceptors (Lipinski definition) is 9. The summed E-state index contributed by atoms with van der Waals surface area (Å²) in [7, 11) is 4.50. The van der Waals surface area contributed by atoms with Crippen molar-refractivity contribution < 1.29 is 42.7 Å². The molecule has 10 heteroatoms. The topological polar surface area (TPSA) is 102 Å². The highest BCUT2D eigenvalue weighted by Crippen LogP contribution is 2.31. The van der Waals surface area contributed by atoms with E-state index in [1.54, 1.807) is 24.3 Å². The van der Waals surface area contributed by atoms with E-state index in [4.69, 9.17) is 33.2 Å².